The molecule has 18 heavy (non-hydrogen) atoms. The van der Waals surface area contributed by atoms with E-state index in [1.165, 1.54) is 11.1 Å². The van der Waals surface area contributed by atoms with Gasteiger partial charge in [-0.3, -0.25) is 0 Å². The highest BCUT2D eigenvalue weighted by molar-refractivity contribution is 7.07. The van der Waals surface area contributed by atoms with E-state index >= 15 is 0 Å². The molecule has 0 atom stereocenters. The maximum atomic E-state index is 6.32. The van der Waals surface area contributed by atoms with Gasteiger partial charge in [0.25, 0.3) is 0 Å². The standard InChI is InChI=1S/C14H17ClN2S/c1-17(9-12-5-7-18-10-12)14-3-2-11(4-6-16)8-13(14)15/h2-3,5,7-8,10H,4,6,9,16H2,1H3. The lowest BCUT2D eigenvalue weighted by atomic mass is 10.1. The van der Waals surface area contributed by atoms with Gasteiger partial charge in [0.2, 0.25) is 0 Å². The Morgan fingerprint density at radius 1 is 1.28 bits per heavy atom. The maximum Gasteiger partial charge on any atom is 0.0642 e. The number of hydrogen-bond donors (Lipinski definition) is 1. The fraction of sp³-hybridized carbons (Fsp3) is 0.286. The van der Waals surface area contributed by atoms with Crippen LogP contribution < -0.4 is 10.6 Å². The van der Waals surface area contributed by atoms with Crippen molar-refractivity contribution in [3.8, 4) is 0 Å². The number of nitrogens with two attached hydrogens (primary N) is 1. The highest BCUT2D eigenvalue weighted by Gasteiger charge is 2.07. The first-order valence-corrected chi connectivity index (χ1v) is 7.23. The van der Waals surface area contributed by atoms with Gasteiger partial charge in [0.05, 0.1) is 10.7 Å². The molecule has 0 amide bonds. The number of halogens is 1. The summed E-state index contributed by atoms with van der Waals surface area (Å²) < 4.78 is 0. The number of nitrogens with zero attached hydrogens (tertiary/aromatic N) is 1. The first kappa shape index (κ1) is 13.4. The second kappa shape index (κ2) is 6.23. The molecule has 0 saturated heterocycles. The highest BCUT2D eigenvalue weighted by Crippen LogP contribution is 2.27. The first-order valence-electron chi connectivity index (χ1n) is 5.91. The predicted molar refractivity (Wildman–Crippen MR) is 80.6 cm³/mol. The zero-order valence-corrected chi connectivity index (χ0v) is 12.0. The first-order chi connectivity index (χ1) is 8.70. The summed E-state index contributed by atoms with van der Waals surface area (Å²) >= 11 is 8.04. The SMILES string of the molecule is CN(Cc1ccsc1)c1ccc(CCN)cc1Cl. The van der Waals surface area contributed by atoms with E-state index in [0.29, 0.717) is 6.54 Å². The molecule has 0 fully saturated rings. The summed E-state index contributed by atoms with van der Waals surface area (Å²) in [5.74, 6) is 0. The molecule has 0 unspecified atom stereocenters. The third-order valence-electron chi connectivity index (χ3n) is 2.86. The molecule has 0 aliphatic carbocycles. The lowest BCUT2D eigenvalue weighted by molar-refractivity contribution is 0.923. The Kier molecular flexibility index (Phi) is 4.64. The van der Waals surface area contributed by atoms with Crippen molar-refractivity contribution >= 4 is 28.6 Å². The van der Waals surface area contributed by atoms with Crippen LogP contribution in [0.3, 0.4) is 0 Å². The van der Waals surface area contributed by atoms with Gasteiger partial charge in [0.1, 0.15) is 0 Å². The van der Waals surface area contributed by atoms with Crippen LogP contribution in [0, 0.1) is 0 Å². The van der Waals surface area contributed by atoms with E-state index < -0.39 is 0 Å². The van der Waals surface area contributed by atoms with Crippen LogP contribution in [0.1, 0.15) is 11.1 Å². The Hall–Kier alpha value is -1.03. The van der Waals surface area contributed by atoms with E-state index in [0.717, 1.165) is 23.7 Å². The Bertz CT molecular complexity index is 497. The van der Waals surface area contributed by atoms with Gasteiger partial charge in [-0.2, -0.15) is 11.3 Å². The second-order valence-electron chi connectivity index (χ2n) is 4.31. The van der Waals surface area contributed by atoms with Gasteiger partial charge in [-0.25, -0.2) is 0 Å². The molecule has 0 bridgehead atoms. The van der Waals surface area contributed by atoms with Crippen LogP contribution in [0.25, 0.3) is 0 Å². The Balaban J connectivity index is 2.12. The molecule has 2 nitrogen and oxygen atoms in total. The number of benzene rings is 1. The van der Waals surface area contributed by atoms with Gasteiger partial charge >= 0.3 is 0 Å². The molecule has 96 valence electrons. The van der Waals surface area contributed by atoms with E-state index in [4.69, 9.17) is 17.3 Å². The zero-order valence-electron chi connectivity index (χ0n) is 10.4. The Morgan fingerprint density at radius 2 is 2.11 bits per heavy atom. The van der Waals surface area contributed by atoms with E-state index in [1.54, 1.807) is 11.3 Å². The van der Waals surface area contributed by atoms with Crippen LogP contribution in [0.4, 0.5) is 5.69 Å². The summed E-state index contributed by atoms with van der Waals surface area (Å²) in [7, 11) is 2.06. The van der Waals surface area contributed by atoms with E-state index in [1.807, 2.05) is 6.07 Å². The van der Waals surface area contributed by atoms with Gasteiger partial charge in [-0.05, 0) is 53.1 Å². The minimum absolute atomic E-state index is 0.653. The average Bonchev–Trinajstić information content (AvgIpc) is 2.82. The number of thiophene rings is 1. The minimum atomic E-state index is 0.653. The van der Waals surface area contributed by atoms with Crippen molar-refractivity contribution in [1.82, 2.24) is 0 Å². The lowest BCUT2D eigenvalue weighted by Crippen LogP contribution is -2.16. The molecule has 2 rings (SSSR count). The third kappa shape index (κ3) is 3.25. The normalized spacial score (nSPS) is 10.6. The summed E-state index contributed by atoms with van der Waals surface area (Å²) in [6.45, 7) is 1.53. The number of hydrogen-bond acceptors (Lipinski definition) is 3. The second-order valence-corrected chi connectivity index (χ2v) is 5.50. The molecule has 0 saturated carbocycles. The molecule has 1 heterocycles. The fourth-order valence-electron chi connectivity index (χ4n) is 1.92. The molecule has 0 aliphatic heterocycles. The van der Waals surface area contributed by atoms with Crippen LogP contribution in [-0.4, -0.2) is 13.6 Å². The molecular weight excluding hydrogens is 264 g/mol. The van der Waals surface area contributed by atoms with Crippen molar-refractivity contribution in [2.75, 3.05) is 18.5 Å². The minimum Gasteiger partial charge on any atom is -0.369 e. The number of anilines is 1. The molecule has 4 heteroatoms. The summed E-state index contributed by atoms with van der Waals surface area (Å²) in [5, 5.41) is 5.04. The summed E-state index contributed by atoms with van der Waals surface area (Å²) in [4.78, 5) is 2.16. The summed E-state index contributed by atoms with van der Waals surface area (Å²) in [6.07, 6.45) is 0.869. The fourth-order valence-corrected chi connectivity index (χ4v) is 2.93. The lowest BCUT2D eigenvalue weighted by Gasteiger charge is -2.20. The van der Waals surface area contributed by atoms with Crippen molar-refractivity contribution < 1.29 is 0 Å². The molecule has 0 radical (unpaired) electrons. The van der Waals surface area contributed by atoms with Crippen LogP contribution in [0.15, 0.2) is 35.0 Å². The average molecular weight is 281 g/mol. The van der Waals surface area contributed by atoms with Crippen LogP contribution >= 0.6 is 22.9 Å². The predicted octanol–water partition coefficient (Wildman–Crippen LogP) is 3.54. The van der Waals surface area contributed by atoms with Crippen molar-refractivity contribution in [3.05, 3.63) is 51.2 Å². The zero-order chi connectivity index (χ0) is 13.0. The van der Waals surface area contributed by atoms with Gasteiger partial charge in [-0.1, -0.05) is 17.7 Å². The van der Waals surface area contributed by atoms with Crippen molar-refractivity contribution in [2.24, 2.45) is 5.73 Å². The smallest absolute Gasteiger partial charge is 0.0642 e. The topological polar surface area (TPSA) is 29.3 Å². The maximum absolute atomic E-state index is 6.32. The molecule has 1 aromatic carbocycles. The van der Waals surface area contributed by atoms with E-state index in [-0.39, 0.29) is 0 Å². The summed E-state index contributed by atoms with van der Waals surface area (Å²) in [5.41, 5.74) is 9.11. The largest absolute Gasteiger partial charge is 0.369 e. The van der Waals surface area contributed by atoms with Crippen LogP contribution in [0.5, 0.6) is 0 Å². The van der Waals surface area contributed by atoms with Gasteiger partial charge < -0.3 is 10.6 Å². The van der Waals surface area contributed by atoms with Crippen LogP contribution in [-0.2, 0) is 13.0 Å². The van der Waals surface area contributed by atoms with E-state index in [2.05, 4.69) is 40.9 Å². The summed E-state index contributed by atoms with van der Waals surface area (Å²) in [6, 6.07) is 8.31. The van der Waals surface area contributed by atoms with E-state index in [9.17, 15) is 0 Å². The Morgan fingerprint density at radius 3 is 2.72 bits per heavy atom. The third-order valence-corrected chi connectivity index (χ3v) is 3.89. The monoisotopic (exact) mass is 280 g/mol. The Labute approximate surface area is 117 Å². The molecule has 1 aromatic heterocycles. The molecule has 0 aliphatic rings. The highest BCUT2D eigenvalue weighted by atomic mass is 35.5. The van der Waals surface area contributed by atoms with Crippen LogP contribution in [0.2, 0.25) is 5.02 Å². The van der Waals surface area contributed by atoms with Crippen molar-refractivity contribution in [2.45, 2.75) is 13.0 Å². The molecule has 2 N–H and O–H groups in total. The van der Waals surface area contributed by atoms with Gasteiger partial charge in [0.15, 0.2) is 0 Å². The molecule has 2 aromatic rings. The van der Waals surface area contributed by atoms with Gasteiger partial charge in [0, 0.05) is 13.6 Å². The quantitative estimate of drug-likeness (QED) is 0.908. The molecule has 0 spiro atoms. The van der Waals surface area contributed by atoms with Crippen molar-refractivity contribution in [3.63, 3.8) is 0 Å². The number of rotatable bonds is 5. The molecular formula is C14H17ClN2S. The van der Waals surface area contributed by atoms with Gasteiger partial charge in [-0.15, -0.1) is 0 Å². The van der Waals surface area contributed by atoms with Crippen molar-refractivity contribution in [1.29, 1.82) is 0 Å².